The number of anilines is 1. The summed E-state index contributed by atoms with van der Waals surface area (Å²) >= 11 is 0. The van der Waals surface area contributed by atoms with Crippen LogP contribution in [0, 0.1) is 0 Å². The lowest BCUT2D eigenvalue weighted by molar-refractivity contribution is -0.143. The monoisotopic (exact) mass is 267 g/mol. The number of aliphatic carboxylic acids is 1. The number of carboxylic acids is 1. The Morgan fingerprint density at radius 1 is 1.32 bits per heavy atom. The SMILES string of the molecule is CCC(Nc1ccc(OCC(=O)OC)cc1)C(=O)O. The molecule has 1 unspecified atom stereocenters. The molecule has 1 aromatic rings. The number of rotatable bonds is 7. The van der Waals surface area contributed by atoms with Crippen molar-refractivity contribution in [2.75, 3.05) is 19.0 Å². The number of hydrogen-bond acceptors (Lipinski definition) is 5. The first-order chi connectivity index (χ1) is 9.06. The maximum absolute atomic E-state index is 10.9. The highest BCUT2D eigenvalue weighted by Crippen LogP contribution is 2.17. The summed E-state index contributed by atoms with van der Waals surface area (Å²) in [6.07, 6.45) is 0.482. The van der Waals surface area contributed by atoms with Crippen molar-refractivity contribution in [3.05, 3.63) is 24.3 Å². The van der Waals surface area contributed by atoms with Gasteiger partial charge in [-0.1, -0.05) is 6.92 Å². The predicted molar refractivity (Wildman–Crippen MR) is 69.3 cm³/mol. The van der Waals surface area contributed by atoms with Gasteiger partial charge in [-0.05, 0) is 30.7 Å². The van der Waals surface area contributed by atoms with Gasteiger partial charge >= 0.3 is 11.9 Å². The molecule has 0 bridgehead atoms. The molecule has 1 rings (SSSR count). The van der Waals surface area contributed by atoms with E-state index in [0.29, 0.717) is 17.9 Å². The van der Waals surface area contributed by atoms with Crippen molar-refractivity contribution >= 4 is 17.6 Å². The molecule has 0 aliphatic carbocycles. The van der Waals surface area contributed by atoms with Gasteiger partial charge in [0.05, 0.1) is 7.11 Å². The summed E-state index contributed by atoms with van der Waals surface area (Å²) in [5, 5.41) is 11.8. The summed E-state index contributed by atoms with van der Waals surface area (Å²) in [5.41, 5.74) is 0.680. The summed E-state index contributed by atoms with van der Waals surface area (Å²) in [6.45, 7) is 1.63. The van der Waals surface area contributed by atoms with E-state index in [-0.39, 0.29) is 6.61 Å². The van der Waals surface area contributed by atoms with Crippen LogP contribution in [0.15, 0.2) is 24.3 Å². The normalized spacial score (nSPS) is 11.5. The smallest absolute Gasteiger partial charge is 0.343 e. The molecule has 1 aromatic carbocycles. The molecule has 0 aliphatic rings. The van der Waals surface area contributed by atoms with Crippen LogP contribution >= 0.6 is 0 Å². The number of ether oxygens (including phenoxy) is 2. The van der Waals surface area contributed by atoms with Crippen LogP contribution in [0.5, 0.6) is 5.75 Å². The quantitative estimate of drug-likeness (QED) is 0.728. The Hall–Kier alpha value is -2.24. The van der Waals surface area contributed by atoms with Crippen LogP contribution in [0.4, 0.5) is 5.69 Å². The minimum absolute atomic E-state index is 0.157. The Kier molecular flexibility index (Phi) is 5.66. The maximum atomic E-state index is 10.9. The first kappa shape index (κ1) is 14.8. The largest absolute Gasteiger partial charge is 0.482 e. The van der Waals surface area contributed by atoms with E-state index in [1.165, 1.54) is 7.11 Å². The highest BCUT2D eigenvalue weighted by molar-refractivity contribution is 5.77. The molecule has 1 atom stereocenters. The zero-order valence-corrected chi connectivity index (χ0v) is 10.9. The zero-order valence-electron chi connectivity index (χ0n) is 10.9. The number of carboxylic acid groups (broad SMARTS) is 1. The Balaban J connectivity index is 2.56. The van der Waals surface area contributed by atoms with Gasteiger partial charge in [-0.15, -0.1) is 0 Å². The maximum Gasteiger partial charge on any atom is 0.343 e. The van der Waals surface area contributed by atoms with Gasteiger partial charge in [-0.25, -0.2) is 9.59 Å². The van der Waals surface area contributed by atoms with Gasteiger partial charge in [-0.3, -0.25) is 0 Å². The van der Waals surface area contributed by atoms with E-state index in [9.17, 15) is 9.59 Å². The molecule has 104 valence electrons. The van der Waals surface area contributed by atoms with Crippen LogP contribution in [0.25, 0.3) is 0 Å². The topological polar surface area (TPSA) is 84.9 Å². The van der Waals surface area contributed by atoms with Crippen molar-refractivity contribution in [1.29, 1.82) is 0 Å². The third-order valence-corrected chi connectivity index (χ3v) is 2.49. The van der Waals surface area contributed by atoms with E-state index in [1.807, 2.05) is 0 Å². The first-order valence-corrected chi connectivity index (χ1v) is 5.85. The summed E-state index contributed by atoms with van der Waals surface area (Å²) in [6, 6.07) is 6.07. The highest BCUT2D eigenvalue weighted by atomic mass is 16.6. The fourth-order valence-electron chi connectivity index (χ4n) is 1.39. The van der Waals surface area contributed by atoms with Crippen molar-refractivity contribution in [3.63, 3.8) is 0 Å². The first-order valence-electron chi connectivity index (χ1n) is 5.85. The second-order valence-electron chi connectivity index (χ2n) is 3.83. The van der Waals surface area contributed by atoms with Crippen LogP contribution in [0.3, 0.4) is 0 Å². The summed E-state index contributed by atoms with van der Waals surface area (Å²) < 4.78 is 9.62. The van der Waals surface area contributed by atoms with Crippen molar-refractivity contribution in [1.82, 2.24) is 0 Å². The van der Waals surface area contributed by atoms with Gasteiger partial charge < -0.3 is 19.9 Å². The molecule has 19 heavy (non-hydrogen) atoms. The van der Waals surface area contributed by atoms with Crippen molar-refractivity contribution in [2.24, 2.45) is 0 Å². The van der Waals surface area contributed by atoms with Crippen molar-refractivity contribution in [2.45, 2.75) is 19.4 Å². The van der Waals surface area contributed by atoms with Crippen LogP contribution in [-0.4, -0.2) is 36.8 Å². The van der Waals surface area contributed by atoms with E-state index < -0.39 is 18.0 Å². The molecular weight excluding hydrogens is 250 g/mol. The van der Waals surface area contributed by atoms with Gasteiger partial charge in [0.1, 0.15) is 11.8 Å². The average molecular weight is 267 g/mol. The van der Waals surface area contributed by atoms with E-state index in [0.717, 1.165) is 0 Å². The number of methoxy groups -OCH3 is 1. The molecule has 6 heteroatoms. The van der Waals surface area contributed by atoms with Crippen LogP contribution in [0.1, 0.15) is 13.3 Å². The van der Waals surface area contributed by atoms with E-state index >= 15 is 0 Å². The third-order valence-electron chi connectivity index (χ3n) is 2.49. The number of esters is 1. The molecule has 0 heterocycles. The molecule has 0 fully saturated rings. The van der Waals surface area contributed by atoms with Gasteiger partial charge in [0.15, 0.2) is 6.61 Å². The molecule has 0 aliphatic heterocycles. The van der Waals surface area contributed by atoms with Gasteiger partial charge in [0.25, 0.3) is 0 Å². The minimum Gasteiger partial charge on any atom is -0.482 e. The van der Waals surface area contributed by atoms with Gasteiger partial charge in [0.2, 0.25) is 0 Å². The predicted octanol–water partition coefficient (Wildman–Crippen LogP) is 1.51. The Morgan fingerprint density at radius 2 is 1.95 bits per heavy atom. The molecule has 6 nitrogen and oxygen atoms in total. The number of hydrogen-bond donors (Lipinski definition) is 2. The summed E-state index contributed by atoms with van der Waals surface area (Å²) in [5.74, 6) is -0.841. The molecule has 0 radical (unpaired) electrons. The number of benzene rings is 1. The fourth-order valence-corrected chi connectivity index (χ4v) is 1.39. The lowest BCUT2D eigenvalue weighted by atomic mass is 10.2. The van der Waals surface area contributed by atoms with Crippen LogP contribution in [-0.2, 0) is 14.3 Å². The molecule has 0 aromatic heterocycles. The van der Waals surface area contributed by atoms with Gasteiger partial charge in [0, 0.05) is 5.69 Å². The van der Waals surface area contributed by atoms with Crippen molar-refractivity contribution in [3.8, 4) is 5.75 Å². The highest BCUT2D eigenvalue weighted by Gasteiger charge is 2.14. The van der Waals surface area contributed by atoms with Crippen LogP contribution < -0.4 is 10.1 Å². The lowest BCUT2D eigenvalue weighted by Crippen LogP contribution is -2.28. The van der Waals surface area contributed by atoms with Crippen LogP contribution in [0.2, 0.25) is 0 Å². The summed E-state index contributed by atoms with van der Waals surface area (Å²) in [4.78, 5) is 21.8. The third kappa shape index (κ3) is 4.87. The Morgan fingerprint density at radius 3 is 2.42 bits per heavy atom. The lowest BCUT2D eigenvalue weighted by Gasteiger charge is -2.14. The molecule has 0 amide bonds. The second kappa shape index (κ2) is 7.25. The standard InChI is InChI=1S/C13H17NO5/c1-3-11(13(16)17)14-9-4-6-10(7-5-9)19-8-12(15)18-2/h4-7,11,14H,3,8H2,1-2H3,(H,16,17). The fraction of sp³-hybridized carbons (Fsp3) is 0.385. The molecule has 2 N–H and O–H groups in total. The molecule has 0 saturated carbocycles. The number of carbonyl (C=O) groups is 2. The minimum atomic E-state index is -0.895. The Labute approximate surface area is 111 Å². The molecular formula is C13H17NO5. The van der Waals surface area contributed by atoms with Gasteiger partial charge in [-0.2, -0.15) is 0 Å². The number of carbonyl (C=O) groups excluding carboxylic acids is 1. The second-order valence-corrected chi connectivity index (χ2v) is 3.83. The Bertz CT molecular complexity index is 429. The van der Waals surface area contributed by atoms with Crippen molar-refractivity contribution < 1.29 is 24.2 Å². The average Bonchev–Trinajstić information content (AvgIpc) is 2.42. The molecule has 0 spiro atoms. The van der Waals surface area contributed by atoms with E-state index in [1.54, 1.807) is 31.2 Å². The van der Waals surface area contributed by atoms with E-state index in [2.05, 4.69) is 10.1 Å². The molecule has 0 saturated heterocycles. The summed E-state index contributed by atoms with van der Waals surface area (Å²) in [7, 11) is 1.29. The zero-order chi connectivity index (χ0) is 14.3. The van der Waals surface area contributed by atoms with E-state index in [4.69, 9.17) is 9.84 Å². The number of nitrogens with one attached hydrogen (secondary N) is 1.